The molecule has 1 saturated heterocycles. The molecule has 4 rings (SSSR count). The normalized spacial score (nSPS) is 15.1. The van der Waals surface area contributed by atoms with Gasteiger partial charge in [0.2, 0.25) is 5.95 Å². The minimum Gasteiger partial charge on any atom is -0.480 e. The third-order valence-electron chi connectivity index (χ3n) is 6.14. The number of halogens is 5. The molecule has 0 bridgehead atoms. The number of hydrogen-bond donors (Lipinski definition) is 2. The summed E-state index contributed by atoms with van der Waals surface area (Å²) in [5, 5.41) is 12.4. The predicted octanol–water partition coefficient (Wildman–Crippen LogP) is 5.20. The number of benzene rings is 1. The quantitative estimate of drug-likeness (QED) is 0.386. The van der Waals surface area contributed by atoms with E-state index >= 15 is 0 Å². The lowest BCUT2D eigenvalue weighted by molar-refractivity contribution is -0.139. The van der Waals surface area contributed by atoms with Gasteiger partial charge in [0.15, 0.2) is 0 Å². The van der Waals surface area contributed by atoms with Gasteiger partial charge in [-0.25, -0.2) is 19.2 Å². The molecular weight excluding hydrogens is 528 g/mol. The standard InChI is InChI=1S/C25H25ClF4N6O2/c1-14(2)21(23(37)38)34-24-32-19(15-5-6-18(27)17(26)12-15)13-20(33-24)35-8-10-36(11-9-35)22-16(25(28,29)30)4-3-7-31-22/h3-7,12-14,21H,8-11H2,1-2H3,(H,37,38)(H,32,33,34). The summed E-state index contributed by atoms with van der Waals surface area (Å²) in [6.07, 6.45) is -3.20. The first-order chi connectivity index (χ1) is 17.9. The molecule has 202 valence electrons. The van der Waals surface area contributed by atoms with E-state index in [2.05, 4.69) is 20.3 Å². The minimum absolute atomic E-state index is 0.0468. The van der Waals surface area contributed by atoms with E-state index in [0.717, 1.165) is 6.07 Å². The Morgan fingerprint density at radius 2 is 1.76 bits per heavy atom. The number of nitrogens with one attached hydrogen (secondary N) is 1. The van der Waals surface area contributed by atoms with Crippen molar-refractivity contribution in [2.75, 3.05) is 41.3 Å². The van der Waals surface area contributed by atoms with Gasteiger partial charge in [0.1, 0.15) is 23.5 Å². The zero-order valence-electron chi connectivity index (χ0n) is 20.5. The van der Waals surface area contributed by atoms with Crippen LogP contribution in [0.5, 0.6) is 0 Å². The Kier molecular flexibility index (Phi) is 7.91. The first-order valence-electron chi connectivity index (χ1n) is 11.8. The van der Waals surface area contributed by atoms with E-state index in [4.69, 9.17) is 11.6 Å². The maximum Gasteiger partial charge on any atom is 0.419 e. The molecule has 0 spiro atoms. The average molecular weight is 553 g/mol. The molecule has 13 heteroatoms. The topological polar surface area (TPSA) is 94.5 Å². The molecule has 0 aliphatic carbocycles. The van der Waals surface area contributed by atoms with Crippen LogP contribution < -0.4 is 15.1 Å². The Bertz CT molecular complexity index is 1320. The Morgan fingerprint density at radius 3 is 2.37 bits per heavy atom. The van der Waals surface area contributed by atoms with Crippen molar-refractivity contribution in [1.29, 1.82) is 0 Å². The molecule has 1 aliphatic heterocycles. The van der Waals surface area contributed by atoms with Gasteiger partial charge in [-0.3, -0.25) is 0 Å². The Hall–Kier alpha value is -3.67. The molecule has 0 saturated carbocycles. The Morgan fingerprint density at radius 1 is 1.08 bits per heavy atom. The van der Waals surface area contributed by atoms with Crippen molar-refractivity contribution in [1.82, 2.24) is 15.0 Å². The molecule has 0 amide bonds. The molecule has 1 unspecified atom stereocenters. The lowest BCUT2D eigenvalue weighted by atomic mass is 10.1. The van der Waals surface area contributed by atoms with E-state index in [1.807, 2.05) is 4.90 Å². The molecular formula is C25H25ClF4N6O2. The number of aliphatic carboxylic acids is 1. The van der Waals surface area contributed by atoms with Crippen molar-refractivity contribution < 1.29 is 27.5 Å². The number of alkyl halides is 3. The van der Waals surface area contributed by atoms with Crippen molar-refractivity contribution in [3.63, 3.8) is 0 Å². The van der Waals surface area contributed by atoms with Crippen LogP contribution >= 0.6 is 11.6 Å². The van der Waals surface area contributed by atoms with Crippen LogP contribution in [-0.4, -0.2) is 58.2 Å². The molecule has 1 fully saturated rings. The SMILES string of the molecule is CC(C)C(Nc1nc(-c2ccc(F)c(Cl)c2)cc(N2CCN(c3ncccc3C(F)(F)F)CC2)n1)C(=O)O. The van der Waals surface area contributed by atoms with Crippen molar-refractivity contribution in [2.24, 2.45) is 5.92 Å². The van der Waals surface area contributed by atoms with E-state index in [1.54, 1.807) is 24.8 Å². The summed E-state index contributed by atoms with van der Waals surface area (Å²) in [5.74, 6) is -1.61. The summed E-state index contributed by atoms with van der Waals surface area (Å²) in [6.45, 7) is 4.61. The van der Waals surface area contributed by atoms with Crippen molar-refractivity contribution >= 4 is 35.2 Å². The summed E-state index contributed by atoms with van der Waals surface area (Å²) < 4.78 is 54.2. The summed E-state index contributed by atoms with van der Waals surface area (Å²) >= 11 is 5.96. The molecule has 1 atom stereocenters. The molecule has 1 aliphatic rings. The van der Waals surface area contributed by atoms with Gasteiger partial charge in [-0.2, -0.15) is 18.2 Å². The fourth-order valence-electron chi connectivity index (χ4n) is 4.13. The highest BCUT2D eigenvalue weighted by atomic mass is 35.5. The molecule has 0 radical (unpaired) electrons. The van der Waals surface area contributed by atoms with Crippen LogP contribution in [-0.2, 0) is 11.0 Å². The first-order valence-corrected chi connectivity index (χ1v) is 12.2. The summed E-state index contributed by atoms with van der Waals surface area (Å²) in [4.78, 5) is 28.1. The van der Waals surface area contributed by atoms with Crippen molar-refractivity contribution in [3.8, 4) is 11.3 Å². The van der Waals surface area contributed by atoms with Gasteiger partial charge in [0, 0.05) is 44.0 Å². The number of carbonyl (C=O) groups is 1. The molecule has 2 N–H and O–H groups in total. The van der Waals surface area contributed by atoms with Crippen LogP contribution in [0.3, 0.4) is 0 Å². The molecule has 1 aromatic carbocycles. The van der Waals surface area contributed by atoms with Crippen LogP contribution in [0.25, 0.3) is 11.3 Å². The summed E-state index contributed by atoms with van der Waals surface area (Å²) in [5.41, 5.74) is 0.0612. The monoisotopic (exact) mass is 552 g/mol. The van der Waals surface area contributed by atoms with Gasteiger partial charge >= 0.3 is 12.1 Å². The lowest BCUT2D eigenvalue weighted by Gasteiger charge is -2.37. The molecule has 38 heavy (non-hydrogen) atoms. The van der Waals surface area contributed by atoms with Crippen LogP contribution in [0.4, 0.5) is 35.1 Å². The fourth-order valence-corrected chi connectivity index (χ4v) is 4.32. The maximum atomic E-state index is 13.8. The zero-order chi connectivity index (χ0) is 27.6. The maximum absolute atomic E-state index is 13.8. The highest BCUT2D eigenvalue weighted by Crippen LogP contribution is 2.36. The molecule has 3 heterocycles. The predicted molar refractivity (Wildman–Crippen MR) is 136 cm³/mol. The van der Waals surface area contributed by atoms with Gasteiger partial charge in [0.25, 0.3) is 0 Å². The van der Waals surface area contributed by atoms with Gasteiger partial charge in [0.05, 0.1) is 16.3 Å². The van der Waals surface area contributed by atoms with Crippen LogP contribution in [0, 0.1) is 11.7 Å². The molecule has 3 aromatic rings. The Labute approximate surface area is 221 Å². The largest absolute Gasteiger partial charge is 0.480 e. The number of nitrogens with zero attached hydrogens (tertiary/aromatic N) is 5. The number of anilines is 3. The Balaban J connectivity index is 1.64. The van der Waals surface area contributed by atoms with E-state index in [-0.39, 0.29) is 35.8 Å². The highest BCUT2D eigenvalue weighted by molar-refractivity contribution is 6.31. The van der Waals surface area contributed by atoms with Gasteiger partial charge in [-0.05, 0) is 36.2 Å². The molecule has 2 aromatic heterocycles. The third-order valence-corrected chi connectivity index (χ3v) is 6.43. The van der Waals surface area contributed by atoms with Crippen LogP contribution in [0.15, 0.2) is 42.6 Å². The second-order valence-electron chi connectivity index (χ2n) is 9.11. The van der Waals surface area contributed by atoms with Gasteiger partial charge in [-0.1, -0.05) is 25.4 Å². The zero-order valence-corrected chi connectivity index (χ0v) is 21.3. The van der Waals surface area contributed by atoms with E-state index < -0.39 is 29.6 Å². The average Bonchev–Trinajstić information content (AvgIpc) is 2.88. The number of carboxylic acid groups (broad SMARTS) is 1. The van der Waals surface area contributed by atoms with Crippen LogP contribution in [0.1, 0.15) is 19.4 Å². The first kappa shape index (κ1) is 27.4. The number of rotatable bonds is 7. The van der Waals surface area contributed by atoms with Gasteiger partial charge in [-0.15, -0.1) is 0 Å². The van der Waals surface area contributed by atoms with Gasteiger partial charge < -0.3 is 20.2 Å². The van der Waals surface area contributed by atoms with Crippen LogP contribution in [0.2, 0.25) is 5.02 Å². The van der Waals surface area contributed by atoms with E-state index in [9.17, 15) is 27.5 Å². The highest BCUT2D eigenvalue weighted by Gasteiger charge is 2.36. The summed E-state index contributed by atoms with van der Waals surface area (Å²) in [7, 11) is 0. The van der Waals surface area contributed by atoms with Crippen molar-refractivity contribution in [2.45, 2.75) is 26.1 Å². The number of piperazine rings is 1. The van der Waals surface area contributed by atoms with E-state index in [1.165, 1.54) is 30.5 Å². The summed E-state index contributed by atoms with van der Waals surface area (Å²) in [6, 6.07) is 7.03. The second kappa shape index (κ2) is 11.0. The number of carboxylic acids is 1. The molecule has 8 nitrogen and oxygen atoms in total. The number of hydrogen-bond acceptors (Lipinski definition) is 7. The van der Waals surface area contributed by atoms with E-state index in [0.29, 0.717) is 30.2 Å². The number of pyridine rings is 1. The lowest BCUT2D eigenvalue weighted by Crippen LogP contribution is -2.47. The third kappa shape index (κ3) is 6.07. The fraction of sp³-hybridized carbons (Fsp3) is 0.360. The smallest absolute Gasteiger partial charge is 0.419 e. The van der Waals surface area contributed by atoms with Crippen molar-refractivity contribution in [3.05, 3.63) is 59.0 Å². The number of aromatic nitrogens is 3. The minimum atomic E-state index is -4.53. The second-order valence-corrected chi connectivity index (χ2v) is 9.52.